The molecule has 1 fully saturated rings. The van der Waals surface area contributed by atoms with Crippen LogP contribution in [0, 0.1) is 6.92 Å². The number of methoxy groups -OCH3 is 1. The number of nitrogens with one attached hydrogen (secondary N) is 1. The molecule has 0 radical (unpaired) electrons. The Kier molecular flexibility index (Phi) is 6.45. The van der Waals surface area contributed by atoms with Gasteiger partial charge in [-0.25, -0.2) is 0 Å². The summed E-state index contributed by atoms with van der Waals surface area (Å²) >= 11 is 0. The molecule has 0 atom stereocenters. The standard InChI is InChI=1S/C21H28N2O2/c1-17-3-5-18(6-4-17)14-22-15-19-7-8-21(24-2)20(13-19)16-23-9-11-25-12-10-23/h3-8,13,22H,9-12,14-16H2,1-2H3. The van der Waals surface area contributed by atoms with Crippen molar-refractivity contribution < 1.29 is 9.47 Å². The van der Waals surface area contributed by atoms with Crippen LogP contribution in [0.2, 0.25) is 0 Å². The minimum atomic E-state index is 0.820. The zero-order chi connectivity index (χ0) is 17.5. The second-order valence-corrected chi connectivity index (χ2v) is 6.62. The molecule has 1 saturated heterocycles. The number of nitrogens with zero attached hydrogens (tertiary/aromatic N) is 1. The van der Waals surface area contributed by atoms with Crippen LogP contribution in [0.15, 0.2) is 42.5 Å². The number of morpholine rings is 1. The van der Waals surface area contributed by atoms with E-state index in [1.54, 1.807) is 7.11 Å². The highest BCUT2D eigenvalue weighted by molar-refractivity contribution is 5.37. The molecule has 1 aliphatic rings. The first-order valence-electron chi connectivity index (χ1n) is 8.97. The number of aryl methyl sites for hydroxylation is 1. The average molecular weight is 340 g/mol. The van der Waals surface area contributed by atoms with Crippen molar-refractivity contribution in [2.24, 2.45) is 0 Å². The maximum atomic E-state index is 5.55. The van der Waals surface area contributed by atoms with E-state index in [4.69, 9.17) is 9.47 Å². The molecule has 0 aromatic heterocycles. The monoisotopic (exact) mass is 340 g/mol. The highest BCUT2D eigenvalue weighted by Gasteiger charge is 2.13. The van der Waals surface area contributed by atoms with Crippen LogP contribution < -0.4 is 10.1 Å². The Morgan fingerprint density at radius 1 is 1.00 bits per heavy atom. The van der Waals surface area contributed by atoms with Crippen LogP contribution in [0.4, 0.5) is 0 Å². The lowest BCUT2D eigenvalue weighted by atomic mass is 10.1. The lowest BCUT2D eigenvalue weighted by Gasteiger charge is -2.27. The molecule has 1 heterocycles. The lowest BCUT2D eigenvalue weighted by Crippen LogP contribution is -2.35. The van der Waals surface area contributed by atoms with Gasteiger partial charge in [0.05, 0.1) is 20.3 Å². The normalized spacial score (nSPS) is 15.3. The summed E-state index contributed by atoms with van der Waals surface area (Å²) in [5.41, 5.74) is 5.15. The predicted molar refractivity (Wildman–Crippen MR) is 101 cm³/mol. The van der Waals surface area contributed by atoms with Gasteiger partial charge < -0.3 is 14.8 Å². The molecular weight excluding hydrogens is 312 g/mol. The lowest BCUT2D eigenvalue weighted by molar-refractivity contribution is 0.0339. The molecule has 2 aromatic carbocycles. The molecule has 0 amide bonds. The molecule has 2 aromatic rings. The molecule has 4 heteroatoms. The summed E-state index contributed by atoms with van der Waals surface area (Å²) in [6.07, 6.45) is 0. The van der Waals surface area contributed by atoms with E-state index in [9.17, 15) is 0 Å². The fourth-order valence-corrected chi connectivity index (χ4v) is 3.12. The smallest absolute Gasteiger partial charge is 0.123 e. The van der Waals surface area contributed by atoms with Crippen molar-refractivity contribution in [2.45, 2.75) is 26.6 Å². The summed E-state index contributed by atoms with van der Waals surface area (Å²) in [5.74, 6) is 0.966. The first-order valence-corrected chi connectivity index (χ1v) is 8.97. The van der Waals surface area contributed by atoms with E-state index in [1.165, 1.54) is 22.3 Å². The zero-order valence-corrected chi connectivity index (χ0v) is 15.3. The quantitative estimate of drug-likeness (QED) is 0.840. The highest BCUT2D eigenvalue weighted by Crippen LogP contribution is 2.22. The predicted octanol–water partition coefficient (Wildman–Crippen LogP) is 3.13. The molecule has 1 aliphatic heterocycles. The van der Waals surface area contributed by atoms with Crippen molar-refractivity contribution in [2.75, 3.05) is 33.4 Å². The van der Waals surface area contributed by atoms with Gasteiger partial charge in [-0.2, -0.15) is 0 Å². The third-order valence-electron chi connectivity index (χ3n) is 4.62. The van der Waals surface area contributed by atoms with Crippen LogP contribution in [0.5, 0.6) is 5.75 Å². The van der Waals surface area contributed by atoms with Crippen molar-refractivity contribution >= 4 is 0 Å². The Morgan fingerprint density at radius 2 is 1.68 bits per heavy atom. The summed E-state index contributed by atoms with van der Waals surface area (Å²) < 4.78 is 11.0. The van der Waals surface area contributed by atoms with Crippen LogP contribution in [0.25, 0.3) is 0 Å². The summed E-state index contributed by atoms with van der Waals surface area (Å²) in [6, 6.07) is 15.2. The number of ether oxygens (including phenoxy) is 2. The van der Waals surface area contributed by atoms with Gasteiger partial charge in [-0.15, -0.1) is 0 Å². The van der Waals surface area contributed by atoms with Crippen LogP contribution >= 0.6 is 0 Å². The fraction of sp³-hybridized carbons (Fsp3) is 0.429. The SMILES string of the molecule is COc1ccc(CNCc2ccc(C)cc2)cc1CN1CCOCC1. The van der Waals surface area contributed by atoms with Gasteiger partial charge in [-0.3, -0.25) is 4.90 Å². The van der Waals surface area contributed by atoms with Gasteiger partial charge in [0.1, 0.15) is 5.75 Å². The molecule has 134 valence electrons. The van der Waals surface area contributed by atoms with Gasteiger partial charge in [-0.1, -0.05) is 35.9 Å². The summed E-state index contributed by atoms with van der Waals surface area (Å²) in [7, 11) is 1.74. The van der Waals surface area contributed by atoms with E-state index in [0.29, 0.717) is 0 Å². The average Bonchev–Trinajstić information content (AvgIpc) is 2.64. The largest absolute Gasteiger partial charge is 0.496 e. The van der Waals surface area contributed by atoms with E-state index in [1.807, 2.05) is 0 Å². The third-order valence-corrected chi connectivity index (χ3v) is 4.62. The second kappa shape index (κ2) is 8.99. The summed E-state index contributed by atoms with van der Waals surface area (Å²) in [4.78, 5) is 2.42. The summed E-state index contributed by atoms with van der Waals surface area (Å²) in [6.45, 7) is 8.38. The maximum Gasteiger partial charge on any atom is 0.123 e. The molecule has 0 spiro atoms. The Bertz CT molecular complexity index is 664. The van der Waals surface area contributed by atoms with E-state index in [0.717, 1.165) is 51.7 Å². The zero-order valence-electron chi connectivity index (χ0n) is 15.3. The maximum absolute atomic E-state index is 5.55. The van der Waals surface area contributed by atoms with Crippen molar-refractivity contribution in [3.8, 4) is 5.75 Å². The molecule has 0 unspecified atom stereocenters. The minimum Gasteiger partial charge on any atom is -0.496 e. The van der Waals surface area contributed by atoms with Crippen LogP contribution in [0.1, 0.15) is 22.3 Å². The number of hydrogen-bond donors (Lipinski definition) is 1. The van der Waals surface area contributed by atoms with Gasteiger partial charge in [0.15, 0.2) is 0 Å². The van der Waals surface area contributed by atoms with Crippen molar-refractivity contribution in [3.63, 3.8) is 0 Å². The molecule has 3 rings (SSSR count). The van der Waals surface area contributed by atoms with E-state index in [2.05, 4.69) is 59.6 Å². The Labute approximate surface area is 150 Å². The van der Waals surface area contributed by atoms with Gasteiger partial charge in [-0.05, 0) is 30.2 Å². The third kappa shape index (κ3) is 5.30. The van der Waals surface area contributed by atoms with E-state index < -0.39 is 0 Å². The first kappa shape index (κ1) is 17.9. The second-order valence-electron chi connectivity index (χ2n) is 6.62. The van der Waals surface area contributed by atoms with Crippen molar-refractivity contribution in [1.29, 1.82) is 0 Å². The van der Waals surface area contributed by atoms with Crippen molar-refractivity contribution in [3.05, 3.63) is 64.7 Å². The minimum absolute atomic E-state index is 0.820. The molecule has 4 nitrogen and oxygen atoms in total. The van der Waals surface area contributed by atoms with Crippen LogP contribution in [-0.4, -0.2) is 38.3 Å². The molecular formula is C21H28N2O2. The molecule has 0 bridgehead atoms. The van der Waals surface area contributed by atoms with Gasteiger partial charge in [0.25, 0.3) is 0 Å². The van der Waals surface area contributed by atoms with E-state index in [-0.39, 0.29) is 0 Å². The first-order chi connectivity index (χ1) is 12.2. The van der Waals surface area contributed by atoms with Gasteiger partial charge in [0.2, 0.25) is 0 Å². The number of hydrogen-bond acceptors (Lipinski definition) is 4. The van der Waals surface area contributed by atoms with Crippen LogP contribution in [0.3, 0.4) is 0 Å². The number of benzene rings is 2. The Balaban J connectivity index is 1.59. The fourth-order valence-electron chi connectivity index (χ4n) is 3.12. The summed E-state index contributed by atoms with van der Waals surface area (Å²) in [5, 5.41) is 3.53. The van der Waals surface area contributed by atoms with Gasteiger partial charge in [0, 0.05) is 38.3 Å². The molecule has 25 heavy (non-hydrogen) atoms. The van der Waals surface area contributed by atoms with E-state index >= 15 is 0 Å². The Morgan fingerprint density at radius 3 is 2.40 bits per heavy atom. The molecule has 0 saturated carbocycles. The van der Waals surface area contributed by atoms with Gasteiger partial charge >= 0.3 is 0 Å². The Hall–Kier alpha value is -1.88. The number of rotatable bonds is 7. The molecule has 0 aliphatic carbocycles. The van der Waals surface area contributed by atoms with Crippen molar-refractivity contribution in [1.82, 2.24) is 10.2 Å². The van der Waals surface area contributed by atoms with Crippen LogP contribution in [-0.2, 0) is 24.4 Å². The highest BCUT2D eigenvalue weighted by atomic mass is 16.5. The molecule has 1 N–H and O–H groups in total. The topological polar surface area (TPSA) is 33.7 Å².